The number of primary amides is 1. The second-order valence-electron chi connectivity index (χ2n) is 2.04. The Hall–Kier alpha value is -0.620. The highest BCUT2D eigenvalue weighted by Gasteiger charge is 2.19. The van der Waals surface area contributed by atoms with Crippen LogP contribution in [-0.4, -0.2) is 28.6 Å². The summed E-state index contributed by atoms with van der Waals surface area (Å²) < 4.78 is 18.5. The van der Waals surface area contributed by atoms with E-state index in [4.69, 9.17) is 9.79 Å². The molecule has 0 aromatic heterocycles. The second kappa shape index (κ2) is 4.42. The average molecular weight is 199 g/mol. The maximum atomic E-state index is 10.2. The number of carbonyl (C=O) groups excluding carboxylic acids is 1. The number of ether oxygens (including phenoxy) is 1. The molecule has 0 aliphatic carbocycles. The van der Waals surface area contributed by atoms with Gasteiger partial charge in [0.25, 0.3) is 0 Å². The maximum Gasteiger partial charge on any atom is 0.469 e. The van der Waals surface area contributed by atoms with Gasteiger partial charge in [-0.15, -0.1) is 0 Å². The van der Waals surface area contributed by atoms with Gasteiger partial charge in [0.15, 0.2) is 0 Å². The third kappa shape index (κ3) is 7.49. The summed E-state index contributed by atoms with van der Waals surface area (Å²) in [6.07, 6.45) is -1.91. The summed E-state index contributed by atoms with van der Waals surface area (Å²) in [5, 5.41) is 0. The van der Waals surface area contributed by atoms with E-state index in [2.05, 4.69) is 15.0 Å². The molecule has 0 aromatic carbocycles. The van der Waals surface area contributed by atoms with Crippen LogP contribution in [0.15, 0.2) is 0 Å². The number of amides is 1. The molecule has 0 radical (unpaired) electrons. The van der Waals surface area contributed by atoms with Crippen molar-refractivity contribution in [1.82, 2.24) is 0 Å². The van der Waals surface area contributed by atoms with Crippen LogP contribution in [0.1, 0.15) is 6.92 Å². The first-order valence-corrected chi connectivity index (χ1v) is 4.50. The fraction of sp³-hybridized carbons (Fsp3) is 0.750. The third-order valence-electron chi connectivity index (χ3n) is 0.778. The SMILES string of the molecule is CC(COC(N)=O)OP(=O)(O)O. The number of phosphoric acid groups is 1. The normalized spacial score (nSPS) is 13.9. The number of hydrogen-bond donors (Lipinski definition) is 3. The number of rotatable bonds is 4. The molecule has 8 heteroatoms. The van der Waals surface area contributed by atoms with E-state index in [0.29, 0.717) is 0 Å². The summed E-state index contributed by atoms with van der Waals surface area (Å²) in [6, 6.07) is 0. The van der Waals surface area contributed by atoms with Crippen LogP contribution >= 0.6 is 7.82 Å². The van der Waals surface area contributed by atoms with E-state index in [1.807, 2.05) is 0 Å². The van der Waals surface area contributed by atoms with Crippen molar-refractivity contribution in [1.29, 1.82) is 0 Å². The van der Waals surface area contributed by atoms with Gasteiger partial charge >= 0.3 is 13.9 Å². The highest BCUT2D eigenvalue weighted by molar-refractivity contribution is 7.46. The zero-order valence-corrected chi connectivity index (χ0v) is 7.23. The van der Waals surface area contributed by atoms with Gasteiger partial charge in [-0.25, -0.2) is 9.36 Å². The second-order valence-corrected chi connectivity index (χ2v) is 3.23. The molecule has 1 atom stereocenters. The van der Waals surface area contributed by atoms with Gasteiger partial charge < -0.3 is 20.3 Å². The van der Waals surface area contributed by atoms with Crippen molar-refractivity contribution in [2.45, 2.75) is 13.0 Å². The highest BCUT2D eigenvalue weighted by Crippen LogP contribution is 2.37. The highest BCUT2D eigenvalue weighted by atomic mass is 31.2. The van der Waals surface area contributed by atoms with Crippen LogP contribution in [-0.2, 0) is 13.8 Å². The first-order valence-electron chi connectivity index (χ1n) is 2.97. The molecule has 0 saturated heterocycles. The Morgan fingerprint density at radius 2 is 2.17 bits per heavy atom. The summed E-state index contributed by atoms with van der Waals surface area (Å²) in [4.78, 5) is 26.6. The molecule has 1 amide bonds. The molecule has 72 valence electrons. The molecule has 0 spiro atoms. The fourth-order valence-corrected chi connectivity index (χ4v) is 0.994. The first-order chi connectivity index (χ1) is 5.31. The largest absolute Gasteiger partial charge is 0.469 e. The fourth-order valence-electron chi connectivity index (χ4n) is 0.464. The van der Waals surface area contributed by atoms with Gasteiger partial charge in [0.2, 0.25) is 0 Å². The number of carbonyl (C=O) groups is 1. The maximum absolute atomic E-state index is 10.2. The molecule has 1 unspecified atom stereocenters. The molecule has 12 heavy (non-hydrogen) atoms. The van der Waals surface area contributed by atoms with E-state index < -0.39 is 20.0 Å². The lowest BCUT2D eigenvalue weighted by molar-refractivity contribution is 0.0737. The average Bonchev–Trinajstić information content (AvgIpc) is 1.79. The van der Waals surface area contributed by atoms with Gasteiger partial charge in [-0.05, 0) is 6.92 Å². The van der Waals surface area contributed by atoms with Crippen LogP contribution in [0.3, 0.4) is 0 Å². The van der Waals surface area contributed by atoms with E-state index in [1.165, 1.54) is 6.92 Å². The van der Waals surface area contributed by atoms with Crippen LogP contribution in [0.2, 0.25) is 0 Å². The molecule has 0 fully saturated rings. The number of phosphoric ester groups is 1. The van der Waals surface area contributed by atoms with Crippen LogP contribution in [0.5, 0.6) is 0 Å². The predicted octanol–water partition coefficient (Wildman–Crippen LogP) is -0.420. The molecular formula is C4H10NO6P. The van der Waals surface area contributed by atoms with Crippen LogP contribution < -0.4 is 5.73 Å². The minimum Gasteiger partial charge on any atom is -0.447 e. The molecule has 0 aliphatic rings. The van der Waals surface area contributed by atoms with E-state index in [-0.39, 0.29) is 6.61 Å². The molecule has 0 aliphatic heterocycles. The topological polar surface area (TPSA) is 119 Å². The number of nitrogens with two attached hydrogens (primary N) is 1. The molecule has 0 heterocycles. The minimum atomic E-state index is -4.51. The summed E-state index contributed by atoms with van der Waals surface area (Å²) in [5.74, 6) is 0. The molecule has 0 aromatic rings. The van der Waals surface area contributed by atoms with Crippen molar-refractivity contribution in [3.63, 3.8) is 0 Å². The van der Waals surface area contributed by atoms with Gasteiger partial charge in [-0.2, -0.15) is 0 Å². The molecule has 4 N–H and O–H groups in total. The number of hydrogen-bond acceptors (Lipinski definition) is 4. The smallest absolute Gasteiger partial charge is 0.447 e. The van der Waals surface area contributed by atoms with Crippen molar-refractivity contribution in [3.8, 4) is 0 Å². The summed E-state index contributed by atoms with van der Waals surface area (Å²) in [7, 11) is -4.51. The first kappa shape index (κ1) is 11.4. The minimum absolute atomic E-state index is 0.291. The van der Waals surface area contributed by atoms with Gasteiger partial charge in [0.05, 0.1) is 0 Å². The Bertz CT molecular complexity index is 200. The lowest BCUT2D eigenvalue weighted by Gasteiger charge is -2.12. The summed E-state index contributed by atoms with van der Waals surface area (Å²) in [6.45, 7) is 1.04. The van der Waals surface area contributed by atoms with Gasteiger partial charge in [0, 0.05) is 0 Å². The summed E-state index contributed by atoms with van der Waals surface area (Å²) >= 11 is 0. The molecule has 7 nitrogen and oxygen atoms in total. The zero-order valence-electron chi connectivity index (χ0n) is 6.34. The van der Waals surface area contributed by atoms with Crippen LogP contribution in [0.25, 0.3) is 0 Å². The molecule has 0 saturated carbocycles. The summed E-state index contributed by atoms with van der Waals surface area (Å²) in [5.41, 5.74) is 4.59. The Labute approximate surface area is 68.7 Å². The van der Waals surface area contributed by atoms with Gasteiger partial charge in [-0.1, -0.05) is 0 Å². The van der Waals surface area contributed by atoms with Crippen molar-refractivity contribution in [2.75, 3.05) is 6.61 Å². The Kier molecular flexibility index (Phi) is 4.19. The van der Waals surface area contributed by atoms with E-state index in [1.54, 1.807) is 0 Å². The van der Waals surface area contributed by atoms with E-state index >= 15 is 0 Å². The van der Waals surface area contributed by atoms with E-state index in [0.717, 1.165) is 0 Å². The Morgan fingerprint density at radius 3 is 2.50 bits per heavy atom. The Morgan fingerprint density at radius 1 is 1.67 bits per heavy atom. The lowest BCUT2D eigenvalue weighted by Crippen LogP contribution is -2.21. The third-order valence-corrected chi connectivity index (χ3v) is 1.41. The Balaban J connectivity index is 3.67. The molecular weight excluding hydrogens is 189 g/mol. The standard InChI is InChI=1S/C4H10NO6P/c1-3(2-10-4(5)6)11-12(7,8)9/h3H,2H2,1H3,(H2,5,6)(H2,7,8,9). The van der Waals surface area contributed by atoms with Crippen molar-refractivity contribution < 1.29 is 28.4 Å². The zero-order chi connectivity index (χ0) is 9.78. The van der Waals surface area contributed by atoms with Crippen molar-refractivity contribution in [3.05, 3.63) is 0 Å². The van der Waals surface area contributed by atoms with Gasteiger partial charge in [0.1, 0.15) is 12.7 Å². The lowest BCUT2D eigenvalue weighted by atomic mass is 10.4. The quantitative estimate of drug-likeness (QED) is 0.529. The molecule has 0 bridgehead atoms. The van der Waals surface area contributed by atoms with Crippen molar-refractivity contribution >= 4 is 13.9 Å². The monoisotopic (exact) mass is 199 g/mol. The van der Waals surface area contributed by atoms with E-state index in [9.17, 15) is 9.36 Å². The van der Waals surface area contributed by atoms with Crippen molar-refractivity contribution in [2.24, 2.45) is 5.73 Å². The predicted molar refractivity (Wildman–Crippen MR) is 38.1 cm³/mol. The van der Waals surface area contributed by atoms with Crippen LogP contribution in [0, 0.1) is 0 Å². The molecule has 0 rings (SSSR count). The van der Waals surface area contributed by atoms with Gasteiger partial charge in [-0.3, -0.25) is 4.52 Å². The van der Waals surface area contributed by atoms with Crippen LogP contribution in [0.4, 0.5) is 4.79 Å².